The van der Waals surface area contributed by atoms with E-state index in [2.05, 4.69) is 15.6 Å². The van der Waals surface area contributed by atoms with Gasteiger partial charge in [0.15, 0.2) is 0 Å². The van der Waals surface area contributed by atoms with Crippen molar-refractivity contribution in [3.63, 3.8) is 0 Å². The number of aromatic amines is 1. The summed E-state index contributed by atoms with van der Waals surface area (Å²) in [5.74, 6) is -0.383. The molecule has 2 aromatic carbocycles. The zero-order valence-electron chi connectivity index (χ0n) is 19.0. The Balaban J connectivity index is 1.51. The first-order chi connectivity index (χ1) is 15.9. The van der Waals surface area contributed by atoms with Gasteiger partial charge in [-0.05, 0) is 36.1 Å². The molecule has 0 saturated carbocycles. The molecule has 0 radical (unpaired) electrons. The molecular formula is C26H28N4O3. The number of amides is 3. The highest BCUT2D eigenvalue weighted by atomic mass is 16.2. The number of benzene rings is 2. The molecule has 0 fully saturated rings. The largest absolute Gasteiger partial charge is 0.356 e. The third-order valence-corrected chi connectivity index (χ3v) is 6.59. The van der Waals surface area contributed by atoms with E-state index in [1.807, 2.05) is 62.4 Å². The fourth-order valence-electron chi connectivity index (χ4n) is 4.97. The summed E-state index contributed by atoms with van der Waals surface area (Å²) in [5.41, 5.74) is 4.52. The van der Waals surface area contributed by atoms with Gasteiger partial charge in [0.25, 0.3) is 5.91 Å². The van der Waals surface area contributed by atoms with Crippen LogP contribution in [0.1, 0.15) is 54.0 Å². The van der Waals surface area contributed by atoms with Crippen LogP contribution in [-0.2, 0) is 16.0 Å². The number of fused-ring (bicyclic) bond motifs is 7. The van der Waals surface area contributed by atoms with Crippen molar-refractivity contribution >= 4 is 28.6 Å². The van der Waals surface area contributed by atoms with Crippen molar-refractivity contribution in [3.05, 3.63) is 70.9 Å². The second kappa shape index (κ2) is 8.06. The van der Waals surface area contributed by atoms with Crippen LogP contribution < -0.4 is 10.6 Å². The summed E-state index contributed by atoms with van der Waals surface area (Å²) in [6, 6.07) is 13.8. The first-order valence-electron chi connectivity index (χ1n) is 11.5. The van der Waals surface area contributed by atoms with Crippen LogP contribution in [0.5, 0.6) is 0 Å². The lowest BCUT2D eigenvalue weighted by Gasteiger charge is -2.37. The van der Waals surface area contributed by atoms with Gasteiger partial charge in [-0.25, -0.2) is 0 Å². The number of nitrogens with zero attached hydrogens (tertiary/aromatic N) is 1. The smallest absolute Gasteiger partial charge is 0.255 e. The Morgan fingerprint density at radius 2 is 1.82 bits per heavy atom. The number of hydrogen-bond acceptors (Lipinski definition) is 3. The molecule has 3 atom stereocenters. The van der Waals surface area contributed by atoms with Crippen molar-refractivity contribution in [3.8, 4) is 0 Å². The molecule has 0 unspecified atom stereocenters. The molecule has 0 bridgehead atoms. The SMILES string of the molecule is CC(C)CNC(=O)[C@H](C)NC(=O)[C@@H]1Cc2c([nH]c3ccccc23)[C@H]2c3ccccc3C(=O)N21. The Morgan fingerprint density at radius 1 is 1.09 bits per heavy atom. The molecule has 1 aromatic heterocycles. The minimum absolute atomic E-state index is 0.156. The van der Waals surface area contributed by atoms with Crippen molar-refractivity contribution in [1.82, 2.24) is 20.5 Å². The van der Waals surface area contributed by atoms with Crippen LogP contribution in [0.4, 0.5) is 0 Å². The Kier molecular flexibility index (Phi) is 5.19. The fraction of sp³-hybridized carbons (Fsp3) is 0.346. The highest BCUT2D eigenvalue weighted by Crippen LogP contribution is 2.46. The molecule has 7 heteroatoms. The van der Waals surface area contributed by atoms with Gasteiger partial charge in [-0.3, -0.25) is 14.4 Å². The van der Waals surface area contributed by atoms with Crippen molar-refractivity contribution in [2.24, 2.45) is 5.92 Å². The molecule has 0 spiro atoms. The van der Waals surface area contributed by atoms with E-state index >= 15 is 0 Å². The predicted molar refractivity (Wildman–Crippen MR) is 126 cm³/mol. The van der Waals surface area contributed by atoms with E-state index in [1.165, 1.54) is 0 Å². The lowest BCUT2D eigenvalue weighted by molar-refractivity contribution is -0.131. The Labute approximate surface area is 192 Å². The average molecular weight is 445 g/mol. The number of nitrogens with one attached hydrogen (secondary N) is 3. The number of H-pyrrole nitrogens is 1. The quantitative estimate of drug-likeness (QED) is 0.565. The van der Waals surface area contributed by atoms with Gasteiger partial charge in [-0.2, -0.15) is 0 Å². The zero-order valence-corrected chi connectivity index (χ0v) is 19.0. The van der Waals surface area contributed by atoms with Crippen LogP contribution in [0, 0.1) is 5.92 Å². The summed E-state index contributed by atoms with van der Waals surface area (Å²) in [4.78, 5) is 44.5. The summed E-state index contributed by atoms with van der Waals surface area (Å²) in [6.45, 7) is 6.25. The second-order valence-electron chi connectivity index (χ2n) is 9.35. The number of aromatic nitrogens is 1. The Bertz CT molecular complexity index is 1260. The van der Waals surface area contributed by atoms with E-state index in [-0.39, 0.29) is 23.8 Å². The summed E-state index contributed by atoms with van der Waals surface area (Å²) in [5, 5.41) is 6.76. The zero-order chi connectivity index (χ0) is 23.3. The van der Waals surface area contributed by atoms with Crippen LogP contribution in [0.3, 0.4) is 0 Å². The number of carbonyl (C=O) groups is 3. The third-order valence-electron chi connectivity index (χ3n) is 6.59. The van der Waals surface area contributed by atoms with Crippen LogP contribution >= 0.6 is 0 Å². The summed E-state index contributed by atoms with van der Waals surface area (Å²) in [7, 11) is 0. The van der Waals surface area contributed by atoms with Crippen LogP contribution in [0.2, 0.25) is 0 Å². The standard InChI is InChI=1S/C26H28N4O3/c1-14(2)13-27-24(31)15(3)28-25(32)21-12-19-16-8-6-7-11-20(16)29-22(19)23-17-9-4-5-10-18(17)26(33)30(21)23/h4-11,14-15,21,23,29H,12-13H2,1-3H3,(H,27,31)(H,28,32)/t15-,21-,23+/m0/s1. The van der Waals surface area contributed by atoms with Crippen molar-refractivity contribution in [2.75, 3.05) is 6.54 Å². The second-order valence-corrected chi connectivity index (χ2v) is 9.35. The fourth-order valence-corrected chi connectivity index (χ4v) is 4.97. The van der Waals surface area contributed by atoms with Crippen LogP contribution in [-0.4, -0.2) is 46.2 Å². The normalized spacial score (nSPS) is 19.8. The maximum Gasteiger partial charge on any atom is 0.255 e. The average Bonchev–Trinajstić information content (AvgIpc) is 3.32. The summed E-state index contributed by atoms with van der Waals surface area (Å²) >= 11 is 0. The molecule has 3 amide bonds. The molecular weight excluding hydrogens is 416 g/mol. The van der Waals surface area contributed by atoms with E-state index < -0.39 is 12.1 Å². The van der Waals surface area contributed by atoms with Crippen molar-refractivity contribution < 1.29 is 14.4 Å². The van der Waals surface area contributed by atoms with Crippen molar-refractivity contribution in [2.45, 2.75) is 45.3 Å². The molecule has 3 aromatic rings. The number of para-hydroxylation sites is 1. The molecule has 7 nitrogen and oxygen atoms in total. The van der Waals surface area contributed by atoms with Crippen LogP contribution in [0.15, 0.2) is 48.5 Å². The molecule has 2 aliphatic heterocycles. The van der Waals surface area contributed by atoms with E-state index in [0.717, 1.165) is 27.7 Å². The maximum atomic E-state index is 13.5. The number of carbonyl (C=O) groups excluding carboxylic acids is 3. The van der Waals surface area contributed by atoms with Gasteiger partial charge in [0.2, 0.25) is 11.8 Å². The number of hydrogen-bond donors (Lipinski definition) is 3. The van der Waals surface area contributed by atoms with Gasteiger partial charge < -0.3 is 20.5 Å². The van der Waals surface area contributed by atoms with Gasteiger partial charge in [-0.1, -0.05) is 50.2 Å². The van der Waals surface area contributed by atoms with Gasteiger partial charge in [0, 0.05) is 35.1 Å². The van der Waals surface area contributed by atoms with Crippen molar-refractivity contribution in [1.29, 1.82) is 0 Å². The molecule has 0 aliphatic carbocycles. The van der Waals surface area contributed by atoms with E-state index in [1.54, 1.807) is 11.8 Å². The summed E-state index contributed by atoms with van der Waals surface area (Å²) in [6.07, 6.45) is 0.391. The molecule has 3 heterocycles. The Hall–Kier alpha value is -3.61. The lowest BCUT2D eigenvalue weighted by Crippen LogP contribution is -2.56. The van der Waals surface area contributed by atoms with Crippen LogP contribution in [0.25, 0.3) is 10.9 Å². The molecule has 170 valence electrons. The van der Waals surface area contributed by atoms with E-state index in [0.29, 0.717) is 24.4 Å². The molecule has 3 N–H and O–H groups in total. The monoisotopic (exact) mass is 444 g/mol. The Morgan fingerprint density at radius 3 is 2.61 bits per heavy atom. The van der Waals surface area contributed by atoms with Gasteiger partial charge in [-0.15, -0.1) is 0 Å². The first kappa shape index (κ1) is 21.2. The third kappa shape index (κ3) is 3.48. The topological polar surface area (TPSA) is 94.3 Å². The lowest BCUT2D eigenvalue weighted by atomic mass is 9.90. The van der Waals surface area contributed by atoms with E-state index in [9.17, 15) is 14.4 Å². The predicted octanol–water partition coefficient (Wildman–Crippen LogP) is 2.91. The minimum Gasteiger partial charge on any atom is -0.356 e. The highest BCUT2D eigenvalue weighted by molar-refractivity contribution is 6.04. The van der Waals surface area contributed by atoms with E-state index in [4.69, 9.17) is 0 Å². The molecule has 5 rings (SSSR count). The molecule has 0 saturated heterocycles. The van der Waals surface area contributed by atoms with Gasteiger partial charge in [0.05, 0.1) is 6.04 Å². The highest BCUT2D eigenvalue weighted by Gasteiger charge is 2.49. The first-order valence-corrected chi connectivity index (χ1v) is 11.5. The summed E-state index contributed by atoms with van der Waals surface area (Å²) < 4.78 is 0. The number of rotatable bonds is 5. The minimum atomic E-state index is -0.707. The maximum absolute atomic E-state index is 13.5. The van der Waals surface area contributed by atoms with Gasteiger partial charge >= 0.3 is 0 Å². The molecule has 33 heavy (non-hydrogen) atoms. The molecule has 2 aliphatic rings. The van der Waals surface area contributed by atoms with Gasteiger partial charge in [0.1, 0.15) is 12.1 Å².